The molecule has 0 bridgehead atoms. The van der Waals surface area contributed by atoms with Crippen molar-refractivity contribution in [3.05, 3.63) is 65.1 Å². The van der Waals surface area contributed by atoms with E-state index in [-0.39, 0.29) is 0 Å². The van der Waals surface area contributed by atoms with Crippen LogP contribution >= 0.6 is 11.6 Å². The van der Waals surface area contributed by atoms with Crippen LogP contribution in [0.5, 0.6) is 0 Å². The summed E-state index contributed by atoms with van der Waals surface area (Å²) in [6, 6.07) is 10.0. The number of fused-ring (bicyclic) bond motifs is 1. The van der Waals surface area contributed by atoms with E-state index in [0.717, 1.165) is 10.9 Å². The summed E-state index contributed by atoms with van der Waals surface area (Å²) in [6.07, 6.45) is 3.00. The molecule has 0 fully saturated rings. The van der Waals surface area contributed by atoms with Crippen LogP contribution in [0.1, 0.15) is 20.8 Å². The van der Waals surface area contributed by atoms with Crippen LogP contribution in [-0.2, 0) is 0 Å². The molecule has 0 spiro atoms. The SMILES string of the molecule is O=C(NNC(=O)c1cc2cc(Cl)ccc2[nH]1)c1ccncc1. The number of H-pyrrole nitrogens is 1. The predicted octanol–water partition coefficient (Wildman–Crippen LogP) is 2.29. The van der Waals surface area contributed by atoms with Gasteiger partial charge in [0.05, 0.1) is 0 Å². The maximum absolute atomic E-state index is 12.0. The van der Waals surface area contributed by atoms with Crippen molar-refractivity contribution in [3.8, 4) is 0 Å². The van der Waals surface area contributed by atoms with E-state index in [1.807, 2.05) is 0 Å². The van der Waals surface area contributed by atoms with Crippen LogP contribution in [0.3, 0.4) is 0 Å². The topological polar surface area (TPSA) is 86.9 Å². The number of aromatic nitrogens is 2. The van der Waals surface area contributed by atoms with Gasteiger partial charge in [-0.15, -0.1) is 0 Å². The first-order valence-corrected chi connectivity index (χ1v) is 6.80. The molecular formula is C15H11ClN4O2. The van der Waals surface area contributed by atoms with E-state index in [0.29, 0.717) is 16.3 Å². The minimum absolute atomic E-state index is 0.326. The van der Waals surface area contributed by atoms with Crippen molar-refractivity contribution < 1.29 is 9.59 Å². The molecule has 22 heavy (non-hydrogen) atoms. The van der Waals surface area contributed by atoms with E-state index in [9.17, 15) is 9.59 Å². The van der Waals surface area contributed by atoms with Crippen molar-refractivity contribution in [1.29, 1.82) is 0 Å². The van der Waals surface area contributed by atoms with Gasteiger partial charge in [-0.1, -0.05) is 11.6 Å². The first kappa shape index (κ1) is 14.1. The maximum Gasteiger partial charge on any atom is 0.286 e. The van der Waals surface area contributed by atoms with Crippen LogP contribution in [0.15, 0.2) is 48.8 Å². The van der Waals surface area contributed by atoms with Crippen molar-refractivity contribution in [2.24, 2.45) is 0 Å². The highest BCUT2D eigenvalue weighted by molar-refractivity contribution is 6.31. The molecule has 7 heteroatoms. The zero-order chi connectivity index (χ0) is 15.5. The van der Waals surface area contributed by atoms with E-state index in [1.165, 1.54) is 12.4 Å². The Morgan fingerprint density at radius 3 is 2.50 bits per heavy atom. The Hall–Kier alpha value is -2.86. The molecule has 0 radical (unpaired) electrons. The summed E-state index contributed by atoms with van der Waals surface area (Å²) in [7, 11) is 0. The number of carbonyl (C=O) groups is 2. The Labute approximate surface area is 130 Å². The molecular weight excluding hydrogens is 304 g/mol. The highest BCUT2D eigenvalue weighted by Crippen LogP contribution is 2.19. The minimum Gasteiger partial charge on any atom is -0.350 e. The fourth-order valence-electron chi connectivity index (χ4n) is 1.98. The molecule has 0 saturated carbocycles. The Balaban J connectivity index is 1.69. The van der Waals surface area contributed by atoms with Crippen molar-refractivity contribution >= 4 is 34.3 Å². The first-order valence-electron chi connectivity index (χ1n) is 6.42. The molecule has 2 heterocycles. The molecule has 110 valence electrons. The van der Waals surface area contributed by atoms with Crippen LogP contribution < -0.4 is 10.9 Å². The van der Waals surface area contributed by atoms with Crippen molar-refractivity contribution in [2.45, 2.75) is 0 Å². The number of hydrazine groups is 1. The smallest absolute Gasteiger partial charge is 0.286 e. The number of nitrogens with zero attached hydrogens (tertiary/aromatic N) is 1. The lowest BCUT2D eigenvalue weighted by atomic mass is 10.2. The summed E-state index contributed by atoms with van der Waals surface area (Å²) in [6.45, 7) is 0. The van der Waals surface area contributed by atoms with Gasteiger partial charge in [-0.25, -0.2) is 0 Å². The molecule has 3 aromatic rings. The minimum atomic E-state index is -0.449. The molecule has 0 aliphatic carbocycles. The van der Waals surface area contributed by atoms with E-state index >= 15 is 0 Å². The lowest BCUT2D eigenvalue weighted by Crippen LogP contribution is -2.41. The molecule has 1 aromatic carbocycles. The second kappa shape index (κ2) is 5.87. The molecule has 2 aromatic heterocycles. The number of rotatable bonds is 2. The summed E-state index contributed by atoms with van der Waals surface area (Å²) in [5.74, 6) is -0.871. The molecule has 0 aliphatic rings. The summed E-state index contributed by atoms with van der Waals surface area (Å²) in [5.41, 5.74) is 6.21. The highest BCUT2D eigenvalue weighted by Gasteiger charge is 2.11. The van der Waals surface area contributed by atoms with Gasteiger partial charge in [0.15, 0.2) is 0 Å². The Bertz CT molecular complexity index is 845. The molecule has 6 nitrogen and oxygen atoms in total. The number of carbonyl (C=O) groups excluding carboxylic acids is 2. The number of aromatic amines is 1. The number of pyridine rings is 1. The van der Waals surface area contributed by atoms with Gasteiger partial charge in [-0.05, 0) is 36.4 Å². The van der Waals surface area contributed by atoms with Crippen LogP contribution in [0.2, 0.25) is 5.02 Å². The lowest BCUT2D eigenvalue weighted by molar-refractivity contribution is 0.0844. The largest absolute Gasteiger partial charge is 0.350 e. The van der Waals surface area contributed by atoms with Gasteiger partial charge < -0.3 is 4.98 Å². The number of hydrogen-bond acceptors (Lipinski definition) is 3. The fourth-order valence-corrected chi connectivity index (χ4v) is 2.16. The molecule has 0 unspecified atom stereocenters. The predicted molar refractivity (Wildman–Crippen MR) is 82.5 cm³/mol. The molecule has 3 N–H and O–H groups in total. The monoisotopic (exact) mass is 314 g/mol. The van der Waals surface area contributed by atoms with Crippen LogP contribution in [0, 0.1) is 0 Å². The maximum atomic E-state index is 12.0. The normalized spacial score (nSPS) is 10.4. The number of hydrogen-bond donors (Lipinski definition) is 3. The summed E-state index contributed by atoms with van der Waals surface area (Å²) < 4.78 is 0. The van der Waals surface area contributed by atoms with Crippen molar-refractivity contribution in [1.82, 2.24) is 20.8 Å². The van der Waals surface area contributed by atoms with Crippen LogP contribution in [-0.4, -0.2) is 21.8 Å². The molecule has 0 saturated heterocycles. The average molecular weight is 315 g/mol. The third kappa shape index (κ3) is 2.91. The summed E-state index contributed by atoms with van der Waals surface area (Å²) in [4.78, 5) is 30.6. The Kier molecular flexibility index (Phi) is 3.76. The fraction of sp³-hybridized carbons (Fsp3) is 0. The first-order chi connectivity index (χ1) is 10.6. The number of benzene rings is 1. The molecule has 0 aliphatic heterocycles. The number of nitrogens with one attached hydrogen (secondary N) is 3. The third-order valence-corrected chi connectivity index (χ3v) is 3.29. The van der Waals surface area contributed by atoms with Crippen molar-refractivity contribution in [3.63, 3.8) is 0 Å². The van der Waals surface area contributed by atoms with Gasteiger partial charge in [-0.2, -0.15) is 0 Å². The van der Waals surface area contributed by atoms with Gasteiger partial charge in [0.25, 0.3) is 11.8 Å². The standard InChI is InChI=1S/C15H11ClN4O2/c16-11-1-2-12-10(7-11)8-13(18-12)15(22)20-19-14(21)9-3-5-17-6-4-9/h1-8,18H,(H,19,21)(H,20,22). The van der Waals surface area contributed by atoms with Crippen LogP contribution in [0.4, 0.5) is 0 Å². The van der Waals surface area contributed by atoms with E-state index in [4.69, 9.17) is 11.6 Å². The van der Waals surface area contributed by atoms with Gasteiger partial charge >= 0.3 is 0 Å². The molecule has 0 atom stereocenters. The molecule has 2 amide bonds. The zero-order valence-electron chi connectivity index (χ0n) is 11.3. The van der Waals surface area contributed by atoms with E-state index in [1.54, 1.807) is 36.4 Å². The number of amides is 2. The summed E-state index contributed by atoms with van der Waals surface area (Å²) in [5, 5.41) is 1.41. The van der Waals surface area contributed by atoms with E-state index < -0.39 is 11.8 Å². The van der Waals surface area contributed by atoms with Gasteiger partial charge in [0, 0.05) is 33.9 Å². The second-order valence-corrected chi connectivity index (χ2v) is 5.00. The summed E-state index contributed by atoms with van der Waals surface area (Å²) >= 11 is 5.90. The zero-order valence-corrected chi connectivity index (χ0v) is 12.0. The van der Waals surface area contributed by atoms with Crippen LogP contribution in [0.25, 0.3) is 10.9 Å². The Morgan fingerprint density at radius 1 is 1.00 bits per heavy atom. The third-order valence-electron chi connectivity index (χ3n) is 3.06. The molecule has 3 rings (SSSR count). The van der Waals surface area contributed by atoms with Crippen molar-refractivity contribution in [2.75, 3.05) is 0 Å². The van der Waals surface area contributed by atoms with Gasteiger partial charge in [0.2, 0.25) is 0 Å². The lowest BCUT2D eigenvalue weighted by Gasteiger charge is -2.05. The highest BCUT2D eigenvalue weighted by atomic mass is 35.5. The Morgan fingerprint density at radius 2 is 1.73 bits per heavy atom. The average Bonchev–Trinajstić information content (AvgIpc) is 2.96. The number of halogens is 1. The van der Waals surface area contributed by atoms with Gasteiger partial charge in [-0.3, -0.25) is 25.4 Å². The quantitative estimate of drug-likeness (QED) is 0.634. The van der Waals surface area contributed by atoms with E-state index in [2.05, 4.69) is 20.8 Å². The van der Waals surface area contributed by atoms with Gasteiger partial charge in [0.1, 0.15) is 5.69 Å². The second-order valence-electron chi connectivity index (χ2n) is 4.56.